The van der Waals surface area contributed by atoms with Gasteiger partial charge in [0.05, 0.1) is 12.7 Å². The average molecular weight is 418 g/mol. The van der Waals surface area contributed by atoms with Crippen LogP contribution in [0.4, 0.5) is 0 Å². The lowest BCUT2D eigenvalue weighted by Crippen LogP contribution is -2.24. The van der Waals surface area contributed by atoms with E-state index in [9.17, 15) is 9.59 Å². The minimum absolute atomic E-state index is 0.237. The molecule has 1 atom stereocenters. The molecular formula is C24H26N4O3. The van der Waals surface area contributed by atoms with Crippen molar-refractivity contribution in [3.05, 3.63) is 80.2 Å². The minimum Gasteiger partial charge on any atom is -0.496 e. The molecule has 0 fully saturated rings. The highest BCUT2D eigenvalue weighted by Crippen LogP contribution is 2.36. The molecular weight excluding hydrogens is 392 g/mol. The van der Waals surface area contributed by atoms with Crippen molar-refractivity contribution in [1.29, 1.82) is 0 Å². The Kier molecular flexibility index (Phi) is 6.78. The zero-order chi connectivity index (χ0) is 22.5. The number of carbonyl (C=O) groups is 2. The number of rotatable bonds is 6. The maximum Gasteiger partial charge on any atom is 0.255 e. The molecule has 0 spiro atoms. The Hall–Kier alpha value is -3.57. The third-order valence-electron chi connectivity index (χ3n) is 5.57. The van der Waals surface area contributed by atoms with Crippen LogP contribution in [0, 0.1) is 19.8 Å². The van der Waals surface area contributed by atoms with Gasteiger partial charge in [-0.15, -0.1) is 0 Å². The summed E-state index contributed by atoms with van der Waals surface area (Å²) in [7, 11) is 1.44. The summed E-state index contributed by atoms with van der Waals surface area (Å²) in [6, 6.07) is 9.24. The number of hydrogen-bond acceptors (Lipinski definition) is 3. The Morgan fingerprint density at radius 2 is 2.00 bits per heavy atom. The largest absolute Gasteiger partial charge is 0.496 e. The smallest absolute Gasteiger partial charge is 0.255 e. The molecule has 2 aromatic rings. The third-order valence-corrected chi connectivity index (χ3v) is 5.57. The van der Waals surface area contributed by atoms with E-state index >= 15 is 0 Å². The Morgan fingerprint density at radius 1 is 1.23 bits per heavy atom. The van der Waals surface area contributed by atoms with Gasteiger partial charge < -0.3 is 10.1 Å². The number of hydrogen-bond donors (Lipinski definition) is 1. The number of carbonyl (C=O) groups excluding carboxylic acids is 2. The van der Waals surface area contributed by atoms with Crippen LogP contribution >= 0.6 is 0 Å². The topological polar surface area (TPSA) is 104 Å². The Morgan fingerprint density at radius 3 is 2.61 bits per heavy atom. The van der Waals surface area contributed by atoms with Crippen molar-refractivity contribution < 1.29 is 14.3 Å². The molecule has 31 heavy (non-hydrogen) atoms. The first-order chi connectivity index (χ1) is 14.8. The molecule has 7 nitrogen and oxygen atoms in total. The minimum atomic E-state index is -0.696. The van der Waals surface area contributed by atoms with Crippen LogP contribution in [-0.2, 0) is 6.54 Å². The summed E-state index contributed by atoms with van der Waals surface area (Å²) in [5.74, 6) is -0.294. The zero-order valence-corrected chi connectivity index (χ0v) is 18.2. The van der Waals surface area contributed by atoms with Crippen molar-refractivity contribution in [2.24, 2.45) is 11.0 Å². The van der Waals surface area contributed by atoms with E-state index in [1.54, 1.807) is 6.07 Å². The van der Waals surface area contributed by atoms with Gasteiger partial charge in [-0.05, 0) is 77.6 Å². The molecule has 0 aromatic heterocycles. The highest BCUT2D eigenvalue weighted by molar-refractivity contribution is 6.04. The maximum absolute atomic E-state index is 13.0. The van der Waals surface area contributed by atoms with E-state index < -0.39 is 5.91 Å². The first-order valence-electron chi connectivity index (χ1n) is 10.2. The van der Waals surface area contributed by atoms with Crippen molar-refractivity contribution in [1.82, 2.24) is 5.32 Å². The average Bonchev–Trinajstić information content (AvgIpc) is 3.18. The molecule has 0 heterocycles. The molecule has 1 N–H and O–H groups in total. The maximum atomic E-state index is 13.0. The van der Waals surface area contributed by atoms with Crippen LogP contribution in [0.2, 0.25) is 0 Å². The normalized spacial score (nSPS) is 15.1. The van der Waals surface area contributed by atoms with E-state index in [-0.39, 0.29) is 17.2 Å². The van der Waals surface area contributed by atoms with Gasteiger partial charge in [-0.2, -0.15) is 0 Å². The van der Waals surface area contributed by atoms with Gasteiger partial charge in [0.25, 0.3) is 5.91 Å². The lowest BCUT2D eigenvalue weighted by Gasteiger charge is -2.16. The lowest BCUT2D eigenvalue weighted by atomic mass is 9.94. The number of allylic oxidation sites excluding steroid dienone is 2. The first kappa shape index (κ1) is 22.1. The van der Waals surface area contributed by atoms with Crippen molar-refractivity contribution in [3.63, 3.8) is 0 Å². The molecule has 0 saturated carbocycles. The lowest BCUT2D eigenvalue weighted by molar-refractivity contribution is 0.0945. The molecule has 0 radical (unpaired) electrons. The second kappa shape index (κ2) is 9.49. The highest BCUT2D eigenvalue weighted by atomic mass is 16.5. The van der Waals surface area contributed by atoms with Crippen LogP contribution in [0.15, 0.2) is 41.5 Å². The zero-order valence-electron chi connectivity index (χ0n) is 18.2. The molecule has 1 unspecified atom stereocenters. The van der Waals surface area contributed by atoms with Gasteiger partial charge in [0.2, 0.25) is 5.91 Å². The number of azide groups is 1. The number of benzene rings is 2. The second-order valence-electron chi connectivity index (χ2n) is 7.98. The van der Waals surface area contributed by atoms with E-state index in [1.807, 2.05) is 26.0 Å². The quantitative estimate of drug-likeness (QED) is 0.380. The van der Waals surface area contributed by atoms with Crippen molar-refractivity contribution in [2.75, 3.05) is 7.11 Å². The van der Waals surface area contributed by atoms with E-state index in [4.69, 9.17) is 10.3 Å². The number of nitrogens with one attached hydrogen (secondary N) is 1. The van der Waals surface area contributed by atoms with Gasteiger partial charge in [0, 0.05) is 17.0 Å². The van der Waals surface area contributed by atoms with E-state index in [0.29, 0.717) is 23.6 Å². The van der Waals surface area contributed by atoms with Crippen LogP contribution in [0.25, 0.3) is 16.0 Å². The van der Waals surface area contributed by atoms with Crippen molar-refractivity contribution in [2.45, 2.75) is 40.2 Å². The third kappa shape index (κ3) is 4.95. The van der Waals surface area contributed by atoms with Crippen LogP contribution < -0.4 is 10.1 Å². The van der Waals surface area contributed by atoms with Crippen molar-refractivity contribution >= 4 is 17.4 Å². The summed E-state index contributed by atoms with van der Waals surface area (Å²) in [5, 5.41) is 6.19. The fraction of sp³-hybridized carbons (Fsp3) is 0.333. The summed E-state index contributed by atoms with van der Waals surface area (Å²) in [4.78, 5) is 28.1. The molecule has 0 saturated heterocycles. The van der Waals surface area contributed by atoms with Gasteiger partial charge in [0.1, 0.15) is 5.75 Å². The first-order valence-corrected chi connectivity index (χ1v) is 10.2. The van der Waals surface area contributed by atoms with Gasteiger partial charge in [0.15, 0.2) is 0 Å². The van der Waals surface area contributed by atoms with Gasteiger partial charge >= 0.3 is 0 Å². The van der Waals surface area contributed by atoms with Crippen LogP contribution in [0.3, 0.4) is 0 Å². The predicted octanol–water partition coefficient (Wildman–Crippen LogP) is 5.51. The van der Waals surface area contributed by atoms with E-state index in [2.05, 4.69) is 34.4 Å². The summed E-state index contributed by atoms with van der Waals surface area (Å²) in [6.07, 6.45) is 3.74. The van der Waals surface area contributed by atoms with Crippen LogP contribution in [0.5, 0.6) is 5.75 Å². The second-order valence-corrected chi connectivity index (χ2v) is 7.98. The molecule has 160 valence electrons. The summed E-state index contributed by atoms with van der Waals surface area (Å²) in [5.41, 5.74) is 14.2. The molecule has 0 bridgehead atoms. The summed E-state index contributed by atoms with van der Waals surface area (Å²) < 4.78 is 5.40. The molecule has 2 amide bonds. The standard InChI is InChI=1S/C24H26N4O3/c1-14-6-8-18(16(3)9-14)13-26-23(29)21-11-19(17-7-5-15(2)10-17)20(12-22(21)31-4)24(30)27-28-25/h6-9,11-12,15H,5,10,13H2,1-4H3,(H,26,29). The molecule has 0 aliphatic heterocycles. The molecule has 1 aliphatic carbocycles. The molecule has 1 aliphatic rings. The van der Waals surface area contributed by atoms with Crippen molar-refractivity contribution in [3.8, 4) is 5.75 Å². The summed E-state index contributed by atoms with van der Waals surface area (Å²) in [6.45, 7) is 6.54. The SMILES string of the molecule is COc1cc(C(=O)N=[N+]=[N-])c(C2=CCC(C)C2)cc1C(=O)NCc1ccc(C)cc1C. The Balaban J connectivity index is 1.97. The number of amides is 2. The molecule has 3 rings (SSSR count). The number of methoxy groups -OCH3 is 1. The molecule has 2 aromatic carbocycles. The fourth-order valence-electron chi connectivity index (χ4n) is 3.88. The fourth-order valence-corrected chi connectivity index (χ4v) is 3.88. The monoisotopic (exact) mass is 418 g/mol. The summed E-state index contributed by atoms with van der Waals surface area (Å²) >= 11 is 0. The van der Waals surface area contributed by atoms with Gasteiger partial charge in [-0.1, -0.05) is 36.8 Å². The highest BCUT2D eigenvalue weighted by Gasteiger charge is 2.24. The Labute approximate surface area is 181 Å². The van der Waals surface area contributed by atoms with E-state index in [1.165, 1.54) is 18.7 Å². The number of aryl methyl sites for hydroxylation is 2. The number of nitrogens with zero attached hydrogens (tertiary/aromatic N) is 3. The van der Waals surface area contributed by atoms with Crippen LogP contribution in [-0.4, -0.2) is 18.9 Å². The van der Waals surface area contributed by atoms with E-state index in [0.717, 1.165) is 29.5 Å². The Bertz CT molecular complexity index is 1110. The molecule has 7 heteroatoms. The number of ether oxygens (including phenoxy) is 1. The van der Waals surface area contributed by atoms with Crippen LogP contribution in [0.1, 0.15) is 62.7 Å². The van der Waals surface area contributed by atoms with Gasteiger partial charge in [-0.3, -0.25) is 9.59 Å². The predicted molar refractivity (Wildman–Crippen MR) is 120 cm³/mol. The van der Waals surface area contributed by atoms with Gasteiger partial charge in [-0.25, -0.2) is 0 Å².